The molecular formula is C6H12N2O. The third-order valence-corrected chi connectivity index (χ3v) is 1.55. The van der Waals surface area contributed by atoms with Crippen LogP contribution in [0.4, 0.5) is 0 Å². The Hall–Kier alpha value is -0.570. The van der Waals surface area contributed by atoms with Gasteiger partial charge in [0.15, 0.2) is 0 Å². The largest absolute Gasteiger partial charge is 0.280 e. The molecule has 0 radical (unpaired) electrons. The molecule has 1 heterocycles. The molecule has 1 atom stereocenters. The number of nitrogens with zero attached hydrogens (tertiary/aromatic N) is 1. The highest BCUT2D eigenvalue weighted by atomic mass is 16.1. The zero-order chi connectivity index (χ0) is 6.69. The molecule has 0 spiro atoms. The first-order valence-corrected chi connectivity index (χ1v) is 3.31. The molecule has 1 fully saturated rings. The van der Waals surface area contributed by atoms with Gasteiger partial charge in [-0.3, -0.25) is 9.80 Å². The van der Waals surface area contributed by atoms with Crippen molar-refractivity contribution < 1.29 is 4.79 Å². The molecule has 1 rings (SSSR count). The number of amides is 1. The van der Waals surface area contributed by atoms with E-state index in [0.717, 1.165) is 19.4 Å². The fourth-order valence-corrected chi connectivity index (χ4v) is 1.06. The fraction of sp³-hybridized carbons (Fsp3) is 0.833. The van der Waals surface area contributed by atoms with Gasteiger partial charge < -0.3 is 0 Å². The highest BCUT2D eigenvalue weighted by Gasteiger charge is 2.12. The summed E-state index contributed by atoms with van der Waals surface area (Å²) < 4.78 is 0. The second-order valence-corrected chi connectivity index (χ2v) is 2.47. The highest BCUT2D eigenvalue weighted by Crippen LogP contribution is 2.03. The maximum Gasteiger partial charge on any atom is 0.223 e. The van der Waals surface area contributed by atoms with Crippen LogP contribution in [-0.2, 0) is 4.79 Å². The molecule has 0 aromatic rings. The van der Waals surface area contributed by atoms with Crippen LogP contribution in [0.1, 0.15) is 19.8 Å². The topological polar surface area (TPSA) is 32.3 Å². The first-order valence-electron chi connectivity index (χ1n) is 3.31. The minimum atomic E-state index is 0.462. The summed E-state index contributed by atoms with van der Waals surface area (Å²) in [7, 11) is 0. The molecule has 0 aliphatic carbocycles. The van der Waals surface area contributed by atoms with E-state index in [0.29, 0.717) is 6.04 Å². The van der Waals surface area contributed by atoms with Crippen LogP contribution in [0.15, 0.2) is 0 Å². The molecule has 1 N–H and O–H groups in total. The van der Waals surface area contributed by atoms with Crippen molar-refractivity contribution in [3.63, 3.8) is 0 Å². The summed E-state index contributed by atoms with van der Waals surface area (Å²) in [5, 5.41) is 1.61. The van der Waals surface area contributed by atoms with Crippen molar-refractivity contribution >= 4 is 6.41 Å². The van der Waals surface area contributed by atoms with E-state index in [1.165, 1.54) is 6.42 Å². The SMILES string of the molecule is CC1CCCN(C=O)N1. The van der Waals surface area contributed by atoms with Crippen LogP contribution in [0, 0.1) is 0 Å². The third-order valence-electron chi connectivity index (χ3n) is 1.55. The van der Waals surface area contributed by atoms with Crippen molar-refractivity contribution in [1.82, 2.24) is 10.4 Å². The van der Waals surface area contributed by atoms with Gasteiger partial charge in [-0.25, -0.2) is 5.43 Å². The normalized spacial score (nSPS) is 28.1. The van der Waals surface area contributed by atoms with E-state index in [1.54, 1.807) is 5.01 Å². The maximum atomic E-state index is 10.2. The van der Waals surface area contributed by atoms with Crippen molar-refractivity contribution in [3.8, 4) is 0 Å². The van der Waals surface area contributed by atoms with Crippen LogP contribution < -0.4 is 5.43 Å². The van der Waals surface area contributed by atoms with Crippen LogP contribution >= 0.6 is 0 Å². The lowest BCUT2D eigenvalue weighted by Crippen LogP contribution is -2.47. The predicted octanol–water partition coefficient (Wildman–Crippen LogP) is 0.132. The quantitative estimate of drug-likeness (QED) is 0.509. The average Bonchev–Trinajstić information content (AvgIpc) is 1.88. The molecule has 1 aliphatic rings. The Balaban J connectivity index is 2.31. The van der Waals surface area contributed by atoms with Crippen LogP contribution in [0.3, 0.4) is 0 Å². The summed E-state index contributed by atoms with van der Waals surface area (Å²) in [4.78, 5) is 10.2. The van der Waals surface area contributed by atoms with E-state index in [4.69, 9.17) is 0 Å². The van der Waals surface area contributed by atoms with Crippen molar-refractivity contribution in [2.75, 3.05) is 6.54 Å². The molecule has 9 heavy (non-hydrogen) atoms. The third kappa shape index (κ3) is 1.68. The Bertz CT molecular complexity index is 105. The average molecular weight is 128 g/mol. The van der Waals surface area contributed by atoms with E-state index in [-0.39, 0.29) is 0 Å². The van der Waals surface area contributed by atoms with Crippen molar-refractivity contribution in [2.45, 2.75) is 25.8 Å². The van der Waals surface area contributed by atoms with Crippen LogP contribution in [0.5, 0.6) is 0 Å². The Morgan fingerprint density at radius 3 is 3.00 bits per heavy atom. The summed E-state index contributed by atoms with van der Waals surface area (Å²) in [5.74, 6) is 0. The number of rotatable bonds is 1. The first kappa shape index (κ1) is 6.55. The summed E-state index contributed by atoms with van der Waals surface area (Å²) in [6, 6.07) is 0.462. The molecule has 1 amide bonds. The highest BCUT2D eigenvalue weighted by molar-refractivity contribution is 5.46. The van der Waals surface area contributed by atoms with Gasteiger partial charge in [-0.05, 0) is 19.8 Å². The van der Waals surface area contributed by atoms with E-state index in [2.05, 4.69) is 12.3 Å². The van der Waals surface area contributed by atoms with Crippen LogP contribution in [0.2, 0.25) is 0 Å². The van der Waals surface area contributed by atoms with Crippen LogP contribution in [-0.4, -0.2) is 24.0 Å². The van der Waals surface area contributed by atoms with Gasteiger partial charge in [0.2, 0.25) is 6.41 Å². The predicted molar refractivity (Wildman–Crippen MR) is 34.6 cm³/mol. The second kappa shape index (κ2) is 2.82. The molecule has 0 aromatic heterocycles. The fourth-order valence-electron chi connectivity index (χ4n) is 1.06. The zero-order valence-electron chi connectivity index (χ0n) is 5.63. The van der Waals surface area contributed by atoms with Gasteiger partial charge in [-0.1, -0.05) is 0 Å². The van der Waals surface area contributed by atoms with Gasteiger partial charge in [-0.2, -0.15) is 0 Å². The molecule has 3 heteroatoms. The summed E-state index contributed by atoms with van der Waals surface area (Å²) in [6.45, 7) is 2.93. The van der Waals surface area contributed by atoms with E-state index in [9.17, 15) is 4.79 Å². The maximum absolute atomic E-state index is 10.2. The lowest BCUT2D eigenvalue weighted by Gasteiger charge is -2.28. The molecule has 1 unspecified atom stereocenters. The summed E-state index contributed by atoms with van der Waals surface area (Å²) in [5.41, 5.74) is 3.03. The molecule has 0 aromatic carbocycles. The van der Waals surface area contributed by atoms with Crippen molar-refractivity contribution in [2.24, 2.45) is 0 Å². The van der Waals surface area contributed by atoms with Gasteiger partial charge in [0.25, 0.3) is 0 Å². The smallest absolute Gasteiger partial charge is 0.223 e. The van der Waals surface area contributed by atoms with Gasteiger partial charge in [0.05, 0.1) is 0 Å². The number of hydrogen-bond donors (Lipinski definition) is 1. The van der Waals surface area contributed by atoms with E-state index in [1.807, 2.05) is 0 Å². The molecule has 0 saturated carbocycles. The van der Waals surface area contributed by atoms with Gasteiger partial charge in [0.1, 0.15) is 0 Å². The number of carbonyl (C=O) groups is 1. The van der Waals surface area contributed by atoms with Gasteiger partial charge in [-0.15, -0.1) is 0 Å². The second-order valence-electron chi connectivity index (χ2n) is 2.47. The number of hydrogen-bond acceptors (Lipinski definition) is 2. The van der Waals surface area contributed by atoms with Crippen molar-refractivity contribution in [3.05, 3.63) is 0 Å². The molecular weight excluding hydrogens is 116 g/mol. The summed E-state index contributed by atoms with van der Waals surface area (Å²) >= 11 is 0. The summed E-state index contributed by atoms with van der Waals surface area (Å²) in [6.07, 6.45) is 3.13. The minimum Gasteiger partial charge on any atom is -0.280 e. The van der Waals surface area contributed by atoms with E-state index < -0.39 is 0 Å². The van der Waals surface area contributed by atoms with Crippen LogP contribution in [0.25, 0.3) is 0 Å². The van der Waals surface area contributed by atoms with Gasteiger partial charge >= 0.3 is 0 Å². The number of hydrazine groups is 1. The number of carbonyl (C=O) groups excluding carboxylic acids is 1. The molecule has 1 aliphatic heterocycles. The Morgan fingerprint density at radius 1 is 1.78 bits per heavy atom. The molecule has 52 valence electrons. The zero-order valence-corrected chi connectivity index (χ0v) is 5.63. The monoisotopic (exact) mass is 128 g/mol. The van der Waals surface area contributed by atoms with Crippen molar-refractivity contribution in [1.29, 1.82) is 0 Å². The Morgan fingerprint density at radius 2 is 2.56 bits per heavy atom. The van der Waals surface area contributed by atoms with E-state index >= 15 is 0 Å². The first-order chi connectivity index (χ1) is 4.33. The standard InChI is InChI=1S/C6H12N2O/c1-6-3-2-4-8(5-9)7-6/h5-7H,2-4H2,1H3. The number of nitrogens with one attached hydrogen (secondary N) is 1. The Labute approximate surface area is 55.0 Å². The minimum absolute atomic E-state index is 0.462. The molecule has 3 nitrogen and oxygen atoms in total. The lowest BCUT2D eigenvalue weighted by atomic mass is 10.1. The molecule has 0 bridgehead atoms. The van der Waals surface area contributed by atoms with Gasteiger partial charge in [0, 0.05) is 12.6 Å². The Kier molecular flexibility index (Phi) is 2.05. The molecule has 1 saturated heterocycles. The lowest BCUT2D eigenvalue weighted by molar-refractivity contribution is -0.122.